The van der Waals surface area contributed by atoms with Crippen molar-refractivity contribution in [2.75, 3.05) is 7.05 Å². The number of hydrogen-bond donors (Lipinski definition) is 0. The van der Waals surface area contributed by atoms with Gasteiger partial charge >= 0.3 is 0 Å². The monoisotopic (exact) mass is 127 g/mol. The summed E-state index contributed by atoms with van der Waals surface area (Å²) in [5, 5.41) is 0. The third-order valence-electron chi connectivity index (χ3n) is 1.41. The number of allylic oxidation sites excluding steroid dienone is 2. The Balaban J connectivity index is 2.73. The molecule has 0 aromatic rings. The quantitative estimate of drug-likeness (QED) is 0.447. The van der Waals surface area contributed by atoms with Gasteiger partial charge in [0, 0.05) is 13.2 Å². The van der Waals surface area contributed by atoms with Crippen molar-refractivity contribution in [1.82, 2.24) is 4.90 Å². The summed E-state index contributed by atoms with van der Waals surface area (Å²) in [7, 11) is 1.72. The fourth-order valence-electron chi connectivity index (χ4n) is 0.807. The van der Waals surface area contributed by atoms with Crippen molar-refractivity contribution in [1.29, 1.82) is 0 Å². The molecule has 1 heterocycles. The van der Waals surface area contributed by atoms with Crippen LogP contribution in [0.5, 0.6) is 0 Å². The predicted molar refractivity (Wildman–Crippen MR) is 35.6 cm³/mol. The predicted octanol–water partition coefficient (Wildman–Crippen LogP) is 1.69. The molecule has 0 bridgehead atoms. The molecule has 0 aromatic carbocycles. The van der Waals surface area contributed by atoms with Crippen molar-refractivity contribution in [3.05, 3.63) is 23.9 Å². The Kier molecular flexibility index (Phi) is 1.56. The van der Waals surface area contributed by atoms with Gasteiger partial charge in [-0.15, -0.1) is 0 Å². The average Bonchev–Trinajstić information content (AvgIpc) is 1.83. The zero-order valence-electron chi connectivity index (χ0n) is 5.63. The minimum absolute atomic E-state index is 0.764. The lowest BCUT2D eigenvalue weighted by Crippen LogP contribution is -2.25. The molecule has 0 N–H and O–H groups in total. The second-order valence-electron chi connectivity index (χ2n) is 2.25. The molecular formula is C7H10FN. The summed E-state index contributed by atoms with van der Waals surface area (Å²) < 4.78 is 12.8. The van der Waals surface area contributed by atoms with Gasteiger partial charge < -0.3 is 4.90 Å². The highest BCUT2D eigenvalue weighted by Gasteiger charge is 2.12. The highest BCUT2D eigenvalue weighted by atomic mass is 19.1. The molecule has 0 aliphatic carbocycles. The summed E-state index contributed by atoms with van der Waals surface area (Å²) in [6.07, 6.45) is 4.42. The van der Waals surface area contributed by atoms with Crippen LogP contribution < -0.4 is 0 Å². The maximum absolute atomic E-state index is 12.8. The Hall–Kier alpha value is -0.790. The number of halogens is 1. The molecule has 0 saturated carbocycles. The van der Waals surface area contributed by atoms with E-state index in [1.165, 1.54) is 4.90 Å². The van der Waals surface area contributed by atoms with Gasteiger partial charge in [0.15, 0.2) is 6.30 Å². The van der Waals surface area contributed by atoms with Crippen molar-refractivity contribution >= 4 is 0 Å². The molecule has 1 atom stereocenters. The molecule has 50 valence electrons. The zero-order chi connectivity index (χ0) is 6.85. The third-order valence-corrected chi connectivity index (χ3v) is 1.41. The number of hydrogen-bond acceptors (Lipinski definition) is 1. The molecule has 1 rings (SSSR count). The van der Waals surface area contributed by atoms with Gasteiger partial charge in [-0.25, -0.2) is 4.39 Å². The van der Waals surface area contributed by atoms with Crippen LogP contribution in [-0.2, 0) is 0 Å². The van der Waals surface area contributed by atoms with Crippen molar-refractivity contribution < 1.29 is 4.39 Å². The molecule has 1 unspecified atom stereocenters. The maximum atomic E-state index is 12.8. The summed E-state index contributed by atoms with van der Waals surface area (Å²) >= 11 is 0. The first kappa shape index (κ1) is 6.33. The van der Waals surface area contributed by atoms with E-state index < -0.39 is 6.30 Å². The molecule has 0 fully saturated rings. The van der Waals surface area contributed by atoms with Crippen LogP contribution in [0.4, 0.5) is 4.39 Å². The molecule has 1 aliphatic heterocycles. The van der Waals surface area contributed by atoms with Crippen molar-refractivity contribution in [3.8, 4) is 0 Å². The van der Waals surface area contributed by atoms with E-state index in [0.29, 0.717) is 0 Å². The van der Waals surface area contributed by atoms with Gasteiger partial charge in [-0.2, -0.15) is 0 Å². The van der Waals surface area contributed by atoms with Crippen LogP contribution in [0.15, 0.2) is 23.9 Å². The van der Waals surface area contributed by atoms with E-state index in [1.807, 2.05) is 6.08 Å². The van der Waals surface area contributed by atoms with E-state index in [0.717, 1.165) is 5.57 Å². The molecule has 0 aromatic heterocycles. The molecule has 9 heavy (non-hydrogen) atoms. The summed E-state index contributed by atoms with van der Waals surface area (Å²) in [6, 6.07) is 0. The van der Waals surface area contributed by atoms with Crippen LogP contribution in [-0.4, -0.2) is 18.2 Å². The molecule has 1 aliphatic rings. The highest BCUT2D eigenvalue weighted by molar-refractivity contribution is 5.18. The zero-order valence-corrected chi connectivity index (χ0v) is 5.63. The second-order valence-corrected chi connectivity index (χ2v) is 2.25. The van der Waals surface area contributed by atoms with Crippen LogP contribution in [0, 0.1) is 0 Å². The van der Waals surface area contributed by atoms with Crippen molar-refractivity contribution in [2.24, 2.45) is 0 Å². The van der Waals surface area contributed by atoms with Crippen LogP contribution in [0.3, 0.4) is 0 Å². The van der Waals surface area contributed by atoms with Crippen LogP contribution in [0.25, 0.3) is 0 Å². The minimum atomic E-state index is -0.921. The van der Waals surface area contributed by atoms with Crippen molar-refractivity contribution in [2.45, 2.75) is 13.2 Å². The van der Waals surface area contributed by atoms with Gasteiger partial charge in [0.2, 0.25) is 0 Å². The number of alkyl halides is 1. The molecule has 0 amide bonds. The average molecular weight is 127 g/mol. The first-order valence-electron chi connectivity index (χ1n) is 2.93. The van der Waals surface area contributed by atoms with Crippen molar-refractivity contribution in [3.63, 3.8) is 0 Å². The lowest BCUT2D eigenvalue weighted by molar-refractivity contribution is 0.194. The van der Waals surface area contributed by atoms with E-state index >= 15 is 0 Å². The minimum Gasteiger partial charge on any atom is -0.348 e. The van der Waals surface area contributed by atoms with Gasteiger partial charge in [0.25, 0.3) is 0 Å². The standard InChI is InChI=1S/C7H10FN/c1-6-4-3-5-9(2)7(6)8/h3-5,7H,1-2H3. The molecule has 0 saturated heterocycles. The smallest absolute Gasteiger partial charge is 0.193 e. The summed E-state index contributed by atoms with van der Waals surface area (Å²) in [6.45, 7) is 1.78. The Morgan fingerprint density at radius 2 is 2.33 bits per heavy atom. The first-order valence-corrected chi connectivity index (χ1v) is 2.93. The summed E-state index contributed by atoms with van der Waals surface area (Å²) in [5.74, 6) is 0. The lowest BCUT2D eigenvalue weighted by Gasteiger charge is -2.22. The van der Waals surface area contributed by atoms with Gasteiger partial charge in [-0.05, 0) is 18.6 Å². The fraction of sp³-hybridized carbons (Fsp3) is 0.429. The van der Waals surface area contributed by atoms with Crippen LogP contribution in [0.2, 0.25) is 0 Å². The Labute approximate surface area is 54.5 Å². The van der Waals surface area contributed by atoms with Gasteiger partial charge in [0.05, 0.1) is 0 Å². The van der Waals surface area contributed by atoms with E-state index in [9.17, 15) is 4.39 Å². The number of nitrogens with zero attached hydrogens (tertiary/aromatic N) is 1. The van der Waals surface area contributed by atoms with Gasteiger partial charge in [0.1, 0.15) is 0 Å². The van der Waals surface area contributed by atoms with E-state index in [1.54, 1.807) is 26.2 Å². The van der Waals surface area contributed by atoms with Crippen LogP contribution >= 0.6 is 0 Å². The molecular weight excluding hydrogens is 117 g/mol. The highest BCUT2D eigenvalue weighted by Crippen LogP contribution is 2.14. The Bertz CT molecular complexity index is 160. The topological polar surface area (TPSA) is 3.24 Å². The fourth-order valence-corrected chi connectivity index (χ4v) is 0.807. The normalized spacial score (nSPS) is 26.3. The molecule has 2 heteroatoms. The molecule has 1 nitrogen and oxygen atoms in total. The SMILES string of the molecule is CC1=CC=CN(C)C1F. The summed E-state index contributed by atoms with van der Waals surface area (Å²) in [5.41, 5.74) is 0.764. The van der Waals surface area contributed by atoms with E-state index in [-0.39, 0.29) is 0 Å². The first-order chi connectivity index (χ1) is 4.22. The molecule has 0 spiro atoms. The lowest BCUT2D eigenvalue weighted by atomic mass is 10.2. The number of likely N-dealkylation sites (N-methyl/N-ethyl adjacent to an activating group) is 1. The van der Waals surface area contributed by atoms with E-state index in [2.05, 4.69) is 0 Å². The maximum Gasteiger partial charge on any atom is 0.193 e. The Morgan fingerprint density at radius 3 is 2.78 bits per heavy atom. The van der Waals surface area contributed by atoms with E-state index in [4.69, 9.17) is 0 Å². The van der Waals surface area contributed by atoms with Gasteiger partial charge in [-0.1, -0.05) is 6.08 Å². The van der Waals surface area contributed by atoms with Crippen LogP contribution in [0.1, 0.15) is 6.92 Å². The molecule has 0 radical (unpaired) electrons. The third kappa shape index (κ3) is 1.12. The number of rotatable bonds is 0. The summed E-state index contributed by atoms with van der Waals surface area (Å²) in [4.78, 5) is 1.54. The largest absolute Gasteiger partial charge is 0.348 e. The second kappa shape index (κ2) is 2.21. The Morgan fingerprint density at radius 1 is 1.67 bits per heavy atom. The van der Waals surface area contributed by atoms with Gasteiger partial charge in [-0.3, -0.25) is 0 Å².